The van der Waals surface area contributed by atoms with Crippen LogP contribution in [0, 0.1) is 0 Å². The molecule has 3 heteroatoms. The molecular formula is C20H24N2O. The second kappa shape index (κ2) is 7.93. The number of hydrogen-bond acceptors (Lipinski definition) is 3. The summed E-state index contributed by atoms with van der Waals surface area (Å²) in [6.45, 7) is 5.73. The second-order valence-corrected chi connectivity index (χ2v) is 5.84. The SMILES string of the molecule is CCCOc1ccccc1-c1ccccc1CCN1CC=NC1. The summed E-state index contributed by atoms with van der Waals surface area (Å²) >= 11 is 0. The van der Waals surface area contributed by atoms with E-state index in [0.29, 0.717) is 0 Å². The van der Waals surface area contributed by atoms with Crippen molar-refractivity contribution in [2.75, 3.05) is 26.4 Å². The van der Waals surface area contributed by atoms with E-state index in [1.165, 1.54) is 16.7 Å². The third-order valence-corrected chi connectivity index (χ3v) is 4.10. The molecule has 0 N–H and O–H groups in total. The Morgan fingerprint density at radius 2 is 1.83 bits per heavy atom. The largest absolute Gasteiger partial charge is 0.493 e. The first-order valence-electron chi connectivity index (χ1n) is 8.39. The number of benzene rings is 2. The van der Waals surface area contributed by atoms with Crippen molar-refractivity contribution < 1.29 is 4.74 Å². The minimum atomic E-state index is 0.754. The van der Waals surface area contributed by atoms with Crippen LogP contribution in [0.2, 0.25) is 0 Å². The van der Waals surface area contributed by atoms with Gasteiger partial charge in [0.15, 0.2) is 0 Å². The monoisotopic (exact) mass is 308 g/mol. The maximum Gasteiger partial charge on any atom is 0.127 e. The van der Waals surface area contributed by atoms with Crippen molar-refractivity contribution in [1.82, 2.24) is 4.90 Å². The second-order valence-electron chi connectivity index (χ2n) is 5.84. The Morgan fingerprint density at radius 1 is 1.04 bits per heavy atom. The van der Waals surface area contributed by atoms with Gasteiger partial charge < -0.3 is 4.74 Å². The number of rotatable bonds is 7. The average molecular weight is 308 g/mol. The van der Waals surface area contributed by atoms with Crippen molar-refractivity contribution in [2.45, 2.75) is 19.8 Å². The number of hydrogen-bond donors (Lipinski definition) is 0. The highest BCUT2D eigenvalue weighted by Gasteiger charge is 2.12. The van der Waals surface area contributed by atoms with E-state index >= 15 is 0 Å². The Balaban J connectivity index is 1.82. The summed E-state index contributed by atoms with van der Waals surface area (Å²) in [4.78, 5) is 6.64. The van der Waals surface area contributed by atoms with Gasteiger partial charge in [0.25, 0.3) is 0 Å². The molecule has 2 aromatic carbocycles. The predicted molar refractivity (Wildman–Crippen MR) is 96.3 cm³/mol. The van der Waals surface area contributed by atoms with Gasteiger partial charge in [-0.15, -0.1) is 0 Å². The van der Waals surface area contributed by atoms with Crippen molar-refractivity contribution >= 4 is 6.21 Å². The van der Waals surface area contributed by atoms with E-state index in [-0.39, 0.29) is 0 Å². The van der Waals surface area contributed by atoms with E-state index in [9.17, 15) is 0 Å². The van der Waals surface area contributed by atoms with Gasteiger partial charge in [-0.25, -0.2) is 0 Å². The zero-order chi connectivity index (χ0) is 15.9. The highest BCUT2D eigenvalue weighted by atomic mass is 16.5. The average Bonchev–Trinajstić information content (AvgIpc) is 3.12. The fourth-order valence-electron chi connectivity index (χ4n) is 2.87. The Kier molecular flexibility index (Phi) is 5.43. The van der Waals surface area contributed by atoms with Gasteiger partial charge in [0.05, 0.1) is 13.3 Å². The van der Waals surface area contributed by atoms with Crippen LogP contribution in [0.1, 0.15) is 18.9 Å². The molecule has 1 heterocycles. The van der Waals surface area contributed by atoms with Crippen LogP contribution in [-0.4, -0.2) is 37.5 Å². The van der Waals surface area contributed by atoms with Gasteiger partial charge in [-0.3, -0.25) is 9.89 Å². The van der Waals surface area contributed by atoms with E-state index < -0.39 is 0 Å². The molecule has 0 aromatic heterocycles. The lowest BCUT2D eigenvalue weighted by atomic mass is 9.97. The zero-order valence-electron chi connectivity index (χ0n) is 13.7. The molecule has 0 saturated carbocycles. The molecule has 0 aliphatic carbocycles. The number of para-hydroxylation sites is 1. The molecule has 0 amide bonds. The summed E-state index contributed by atoms with van der Waals surface area (Å²) in [7, 11) is 0. The lowest BCUT2D eigenvalue weighted by Crippen LogP contribution is -2.23. The minimum absolute atomic E-state index is 0.754. The highest BCUT2D eigenvalue weighted by Crippen LogP contribution is 2.32. The number of nitrogens with zero attached hydrogens (tertiary/aromatic N) is 2. The van der Waals surface area contributed by atoms with Gasteiger partial charge in [-0.2, -0.15) is 0 Å². The van der Waals surface area contributed by atoms with Gasteiger partial charge >= 0.3 is 0 Å². The lowest BCUT2D eigenvalue weighted by molar-refractivity contribution is 0.318. The fourth-order valence-corrected chi connectivity index (χ4v) is 2.87. The standard InChI is InChI=1S/C20H24N2O/c1-2-15-23-20-10-6-5-9-19(20)18-8-4-3-7-17(18)11-13-22-14-12-21-16-22/h3-10,12H,2,11,13-16H2,1H3. The maximum atomic E-state index is 5.94. The van der Waals surface area contributed by atoms with Gasteiger partial charge in [0, 0.05) is 24.9 Å². The van der Waals surface area contributed by atoms with Crippen molar-refractivity contribution in [3.63, 3.8) is 0 Å². The van der Waals surface area contributed by atoms with Crippen LogP contribution in [-0.2, 0) is 6.42 Å². The van der Waals surface area contributed by atoms with Crippen LogP contribution >= 0.6 is 0 Å². The first-order valence-corrected chi connectivity index (χ1v) is 8.39. The minimum Gasteiger partial charge on any atom is -0.493 e. The molecule has 0 fully saturated rings. The van der Waals surface area contributed by atoms with Crippen LogP contribution in [0.25, 0.3) is 11.1 Å². The molecule has 3 nitrogen and oxygen atoms in total. The molecule has 0 atom stereocenters. The Bertz CT molecular complexity index is 658. The van der Waals surface area contributed by atoms with Crippen molar-refractivity contribution in [2.24, 2.45) is 4.99 Å². The smallest absolute Gasteiger partial charge is 0.127 e. The fraction of sp³-hybridized carbons (Fsp3) is 0.350. The van der Waals surface area contributed by atoms with E-state index in [2.05, 4.69) is 59.3 Å². The number of ether oxygens (including phenoxy) is 1. The van der Waals surface area contributed by atoms with Gasteiger partial charge in [0.2, 0.25) is 0 Å². The molecule has 3 rings (SSSR count). The number of aliphatic imine (C=N–C) groups is 1. The molecule has 0 saturated heterocycles. The van der Waals surface area contributed by atoms with Crippen LogP contribution in [0.5, 0.6) is 5.75 Å². The van der Waals surface area contributed by atoms with E-state index in [1.807, 2.05) is 12.3 Å². The van der Waals surface area contributed by atoms with Gasteiger partial charge in [0.1, 0.15) is 5.75 Å². The van der Waals surface area contributed by atoms with Gasteiger partial charge in [-0.1, -0.05) is 49.4 Å². The Hall–Kier alpha value is -2.13. The van der Waals surface area contributed by atoms with E-state index in [4.69, 9.17) is 4.74 Å². The van der Waals surface area contributed by atoms with E-state index in [0.717, 1.165) is 45.0 Å². The summed E-state index contributed by atoms with van der Waals surface area (Å²) in [5, 5.41) is 0. The predicted octanol–water partition coefficient (Wildman–Crippen LogP) is 4.03. The normalized spacial score (nSPS) is 14.3. The quantitative estimate of drug-likeness (QED) is 0.771. The van der Waals surface area contributed by atoms with E-state index in [1.54, 1.807) is 0 Å². The summed E-state index contributed by atoms with van der Waals surface area (Å²) in [6, 6.07) is 17.0. The molecule has 0 spiro atoms. The molecular weight excluding hydrogens is 284 g/mol. The summed E-state index contributed by atoms with van der Waals surface area (Å²) in [6.07, 6.45) is 4.05. The zero-order valence-corrected chi connectivity index (χ0v) is 13.7. The molecule has 0 radical (unpaired) electrons. The van der Waals surface area contributed by atoms with Crippen LogP contribution < -0.4 is 4.74 Å². The molecule has 1 aliphatic heterocycles. The molecule has 23 heavy (non-hydrogen) atoms. The first kappa shape index (κ1) is 15.8. The topological polar surface area (TPSA) is 24.8 Å². The van der Waals surface area contributed by atoms with Crippen molar-refractivity contribution in [3.05, 3.63) is 54.1 Å². The Morgan fingerprint density at radius 3 is 2.61 bits per heavy atom. The first-order chi connectivity index (χ1) is 11.4. The van der Waals surface area contributed by atoms with Crippen LogP contribution in [0.3, 0.4) is 0 Å². The molecule has 0 bridgehead atoms. The third-order valence-electron chi connectivity index (χ3n) is 4.10. The van der Waals surface area contributed by atoms with Gasteiger partial charge in [-0.05, 0) is 30.0 Å². The summed E-state index contributed by atoms with van der Waals surface area (Å²) in [5.74, 6) is 0.978. The molecule has 120 valence electrons. The van der Waals surface area contributed by atoms with Crippen molar-refractivity contribution in [1.29, 1.82) is 0 Å². The van der Waals surface area contributed by atoms with Crippen LogP contribution in [0.4, 0.5) is 0 Å². The maximum absolute atomic E-state index is 5.94. The Labute approximate surface area is 138 Å². The molecule has 0 unspecified atom stereocenters. The van der Waals surface area contributed by atoms with Crippen LogP contribution in [0.15, 0.2) is 53.5 Å². The lowest BCUT2D eigenvalue weighted by Gasteiger charge is -2.17. The summed E-state index contributed by atoms with van der Waals surface area (Å²) in [5.41, 5.74) is 3.83. The van der Waals surface area contributed by atoms with Crippen molar-refractivity contribution in [3.8, 4) is 16.9 Å². The third kappa shape index (κ3) is 3.99. The molecule has 2 aromatic rings. The summed E-state index contributed by atoms with van der Waals surface area (Å²) < 4.78 is 5.94. The highest BCUT2D eigenvalue weighted by molar-refractivity contribution is 5.73. The molecule has 1 aliphatic rings.